The molecule has 0 saturated carbocycles. The van der Waals surface area contributed by atoms with Crippen molar-refractivity contribution in [2.24, 2.45) is 5.92 Å². The molecule has 0 bridgehead atoms. The molecule has 2 aromatic carbocycles. The summed E-state index contributed by atoms with van der Waals surface area (Å²) in [7, 11) is 0. The van der Waals surface area contributed by atoms with Crippen molar-refractivity contribution in [3.05, 3.63) is 69.2 Å². The minimum Gasteiger partial charge on any atom is -0.396 e. The monoisotopic (exact) mass is 332 g/mol. The van der Waals surface area contributed by atoms with E-state index in [0.29, 0.717) is 0 Å². The fourth-order valence-corrected chi connectivity index (χ4v) is 3.10. The molecule has 0 spiro atoms. The summed E-state index contributed by atoms with van der Waals surface area (Å²) in [6.07, 6.45) is 1.84. The number of aliphatic hydroxyl groups is 1. The van der Waals surface area contributed by atoms with E-state index in [1.807, 2.05) is 12.1 Å². The maximum absolute atomic E-state index is 9.69. The number of halogens is 1. The van der Waals surface area contributed by atoms with E-state index in [9.17, 15) is 5.11 Å². The lowest BCUT2D eigenvalue weighted by Crippen LogP contribution is -2.14. The van der Waals surface area contributed by atoms with Gasteiger partial charge in [0.2, 0.25) is 0 Å². The van der Waals surface area contributed by atoms with Crippen LogP contribution in [0.4, 0.5) is 0 Å². The fraction of sp³-hybridized carbons (Fsp3) is 0.333. The molecule has 2 heteroatoms. The van der Waals surface area contributed by atoms with Gasteiger partial charge in [-0.05, 0) is 67.0 Å². The molecule has 1 nitrogen and oxygen atoms in total. The molecule has 0 amide bonds. The smallest absolute Gasteiger partial charge is 0.0465 e. The summed E-state index contributed by atoms with van der Waals surface area (Å²) >= 11 is 3.50. The molecule has 106 valence electrons. The average Bonchev–Trinajstić information content (AvgIpc) is 2.42. The zero-order chi connectivity index (χ0) is 14.5. The Hall–Kier alpha value is -1.12. The second kappa shape index (κ2) is 7.05. The van der Waals surface area contributed by atoms with Gasteiger partial charge in [0.15, 0.2) is 0 Å². The lowest BCUT2D eigenvalue weighted by atomic mass is 9.89. The number of aliphatic hydroxyl groups excluding tert-OH is 1. The second-order valence-corrected chi connectivity index (χ2v) is 6.37. The van der Waals surface area contributed by atoms with Crippen LogP contribution in [0.3, 0.4) is 0 Å². The van der Waals surface area contributed by atoms with E-state index >= 15 is 0 Å². The van der Waals surface area contributed by atoms with Crippen LogP contribution in [-0.2, 0) is 12.8 Å². The number of aryl methyl sites for hydroxylation is 2. The number of rotatable bonds is 5. The Morgan fingerprint density at radius 1 is 1.00 bits per heavy atom. The topological polar surface area (TPSA) is 20.2 Å². The van der Waals surface area contributed by atoms with Gasteiger partial charge in [0.05, 0.1) is 0 Å². The van der Waals surface area contributed by atoms with Crippen molar-refractivity contribution in [2.75, 3.05) is 6.61 Å². The molecule has 20 heavy (non-hydrogen) atoms. The molecular weight excluding hydrogens is 312 g/mol. The predicted octanol–water partition coefficient (Wildman–Crippen LogP) is 4.46. The Bertz CT molecular complexity index is 557. The second-order valence-electron chi connectivity index (χ2n) is 5.46. The summed E-state index contributed by atoms with van der Waals surface area (Å²) in [5.41, 5.74) is 5.28. The van der Waals surface area contributed by atoms with E-state index in [0.717, 1.165) is 17.3 Å². The fourth-order valence-electron chi connectivity index (χ4n) is 2.66. The Morgan fingerprint density at radius 3 is 2.25 bits per heavy atom. The lowest BCUT2D eigenvalue weighted by molar-refractivity contribution is 0.224. The third-order valence-electron chi connectivity index (χ3n) is 3.81. The minimum absolute atomic E-state index is 0.223. The van der Waals surface area contributed by atoms with Crippen molar-refractivity contribution in [2.45, 2.75) is 26.7 Å². The first-order chi connectivity index (χ1) is 9.60. The molecule has 0 aliphatic rings. The molecule has 1 N–H and O–H groups in total. The van der Waals surface area contributed by atoms with Gasteiger partial charge in [-0.1, -0.05) is 46.3 Å². The van der Waals surface area contributed by atoms with Gasteiger partial charge in [-0.2, -0.15) is 0 Å². The van der Waals surface area contributed by atoms with E-state index in [-0.39, 0.29) is 12.5 Å². The largest absolute Gasteiger partial charge is 0.396 e. The molecule has 0 saturated heterocycles. The molecule has 0 fully saturated rings. The van der Waals surface area contributed by atoms with Gasteiger partial charge in [-0.15, -0.1) is 0 Å². The van der Waals surface area contributed by atoms with Crippen LogP contribution in [-0.4, -0.2) is 11.7 Å². The molecule has 1 unspecified atom stereocenters. The quantitative estimate of drug-likeness (QED) is 0.856. The lowest BCUT2D eigenvalue weighted by Gasteiger charge is -2.18. The third-order valence-corrected chi connectivity index (χ3v) is 4.30. The molecule has 0 aromatic heterocycles. The van der Waals surface area contributed by atoms with Gasteiger partial charge in [-0.3, -0.25) is 0 Å². The summed E-state index contributed by atoms with van der Waals surface area (Å²) in [5, 5.41) is 9.69. The molecule has 0 aliphatic carbocycles. The number of hydrogen-bond donors (Lipinski definition) is 1. The first kappa shape index (κ1) is 15.3. The zero-order valence-corrected chi connectivity index (χ0v) is 13.7. The first-order valence-corrected chi connectivity index (χ1v) is 7.80. The third kappa shape index (κ3) is 3.94. The Labute approximate surface area is 129 Å². The highest BCUT2D eigenvalue weighted by molar-refractivity contribution is 9.10. The summed E-state index contributed by atoms with van der Waals surface area (Å²) in [6, 6.07) is 14.7. The maximum Gasteiger partial charge on any atom is 0.0465 e. The Balaban J connectivity index is 2.13. The van der Waals surface area contributed by atoms with Gasteiger partial charge in [0.25, 0.3) is 0 Å². The summed E-state index contributed by atoms with van der Waals surface area (Å²) in [6.45, 7) is 4.52. The molecule has 2 rings (SSSR count). The van der Waals surface area contributed by atoms with Crippen LogP contribution in [0.15, 0.2) is 46.9 Å². The van der Waals surface area contributed by atoms with Crippen LogP contribution < -0.4 is 0 Å². The Kier molecular flexibility index (Phi) is 5.38. The zero-order valence-electron chi connectivity index (χ0n) is 12.1. The molecular formula is C18H21BrO. The minimum atomic E-state index is 0.223. The van der Waals surface area contributed by atoms with Crippen LogP contribution in [0.5, 0.6) is 0 Å². The van der Waals surface area contributed by atoms with E-state index in [4.69, 9.17) is 0 Å². The maximum atomic E-state index is 9.69. The highest BCUT2D eigenvalue weighted by atomic mass is 79.9. The van der Waals surface area contributed by atoms with Crippen LogP contribution in [0.2, 0.25) is 0 Å². The Morgan fingerprint density at radius 2 is 1.65 bits per heavy atom. The highest BCUT2D eigenvalue weighted by Crippen LogP contribution is 2.21. The number of hydrogen-bond acceptors (Lipinski definition) is 1. The van der Waals surface area contributed by atoms with Crippen molar-refractivity contribution in [1.29, 1.82) is 0 Å². The van der Waals surface area contributed by atoms with Crippen LogP contribution in [0.1, 0.15) is 22.3 Å². The van der Waals surface area contributed by atoms with E-state index in [1.54, 1.807) is 0 Å². The molecule has 2 aromatic rings. The normalized spacial score (nSPS) is 12.4. The predicted molar refractivity (Wildman–Crippen MR) is 88.0 cm³/mol. The summed E-state index contributed by atoms with van der Waals surface area (Å²) < 4.78 is 1.10. The number of benzene rings is 2. The first-order valence-electron chi connectivity index (χ1n) is 7.00. The molecule has 1 atom stereocenters. The van der Waals surface area contributed by atoms with Crippen LogP contribution in [0.25, 0.3) is 0 Å². The summed E-state index contributed by atoms with van der Waals surface area (Å²) in [5.74, 6) is 0.268. The van der Waals surface area contributed by atoms with Crippen molar-refractivity contribution in [1.82, 2.24) is 0 Å². The van der Waals surface area contributed by atoms with E-state index < -0.39 is 0 Å². The van der Waals surface area contributed by atoms with Crippen molar-refractivity contribution < 1.29 is 5.11 Å². The van der Waals surface area contributed by atoms with Crippen LogP contribution in [0, 0.1) is 19.8 Å². The molecule has 0 aliphatic heterocycles. The standard InChI is InChI=1S/C18H21BrO/c1-13-5-3-6-14(2)18(13)11-16(12-20)9-15-7-4-8-17(19)10-15/h3-8,10,16,20H,9,11-12H2,1-2H3. The summed E-state index contributed by atoms with van der Waals surface area (Å²) in [4.78, 5) is 0. The van der Waals surface area contributed by atoms with Gasteiger partial charge < -0.3 is 5.11 Å². The van der Waals surface area contributed by atoms with Gasteiger partial charge in [-0.25, -0.2) is 0 Å². The van der Waals surface area contributed by atoms with Crippen molar-refractivity contribution in [3.8, 4) is 0 Å². The van der Waals surface area contributed by atoms with E-state index in [2.05, 4.69) is 60.1 Å². The van der Waals surface area contributed by atoms with E-state index in [1.165, 1.54) is 22.3 Å². The van der Waals surface area contributed by atoms with Gasteiger partial charge in [0.1, 0.15) is 0 Å². The van der Waals surface area contributed by atoms with Gasteiger partial charge >= 0.3 is 0 Å². The SMILES string of the molecule is Cc1cccc(C)c1CC(CO)Cc1cccc(Br)c1. The molecule has 0 radical (unpaired) electrons. The highest BCUT2D eigenvalue weighted by Gasteiger charge is 2.13. The average molecular weight is 333 g/mol. The van der Waals surface area contributed by atoms with Gasteiger partial charge in [0, 0.05) is 11.1 Å². The van der Waals surface area contributed by atoms with Crippen LogP contribution >= 0.6 is 15.9 Å². The van der Waals surface area contributed by atoms with Crippen molar-refractivity contribution >= 4 is 15.9 Å². The van der Waals surface area contributed by atoms with Crippen molar-refractivity contribution in [3.63, 3.8) is 0 Å². The molecule has 0 heterocycles.